The van der Waals surface area contributed by atoms with Gasteiger partial charge in [0.2, 0.25) is 5.91 Å². The summed E-state index contributed by atoms with van der Waals surface area (Å²) in [6.07, 6.45) is -4.55. The van der Waals surface area contributed by atoms with Crippen LogP contribution >= 0.6 is 0 Å². The number of carbonyl (C=O) groups excluding carboxylic acids is 3. The van der Waals surface area contributed by atoms with Gasteiger partial charge in [-0.2, -0.15) is 18.3 Å². The van der Waals surface area contributed by atoms with Crippen molar-refractivity contribution in [2.45, 2.75) is 38.0 Å². The van der Waals surface area contributed by atoms with Gasteiger partial charge in [0.05, 0.1) is 11.3 Å². The van der Waals surface area contributed by atoms with Crippen molar-refractivity contribution in [3.63, 3.8) is 0 Å². The standard InChI is InChI=1S/C22H20F3N5O3/c1-12(2)13-6-8-16(9-7-13)30-20(32)18-19(21(30)33)29(28-27-18)11-17(31)26-15-5-3-4-14(10-15)22(23,24)25/h3-10,12,18-19H,11H2,1-2H3,(H,26,31)/t18-,19+/m1/s1. The monoisotopic (exact) mass is 459 g/mol. The summed E-state index contributed by atoms with van der Waals surface area (Å²) in [5.41, 5.74) is 0.484. The highest BCUT2D eigenvalue weighted by Gasteiger charge is 2.55. The molecule has 8 nitrogen and oxygen atoms in total. The van der Waals surface area contributed by atoms with Gasteiger partial charge < -0.3 is 5.32 Å². The number of fused-ring (bicyclic) bond motifs is 1. The van der Waals surface area contributed by atoms with E-state index in [0.29, 0.717) is 5.69 Å². The number of rotatable bonds is 5. The van der Waals surface area contributed by atoms with E-state index in [9.17, 15) is 27.6 Å². The van der Waals surface area contributed by atoms with Crippen LogP contribution in [0.5, 0.6) is 0 Å². The first kappa shape index (κ1) is 22.4. The Morgan fingerprint density at radius 2 is 1.79 bits per heavy atom. The lowest BCUT2D eigenvalue weighted by Crippen LogP contribution is -2.43. The van der Waals surface area contributed by atoms with E-state index >= 15 is 0 Å². The molecule has 0 aromatic heterocycles. The highest BCUT2D eigenvalue weighted by molar-refractivity contribution is 6.25. The first-order chi connectivity index (χ1) is 15.6. The van der Waals surface area contributed by atoms with E-state index in [0.717, 1.165) is 27.6 Å². The van der Waals surface area contributed by atoms with Gasteiger partial charge in [-0.25, -0.2) is 4.90 Å². The van der Waals surface area contributed by atoms with Crippen molar-refractivity contribution >= 4 is 29.1 Å². The van der Waals surface area contributed by atoms with Crippen molar-refractivity contribution in [2.75, 3.05) is 16.8 Å². The average molecular weight is 459 g/mol. The number of halogens is 3. The van der Waals surface area contributed by atoms with E-state index in [2.05, 4.69) is 15.7 Å². The minimum absolute atomic E-state index is 0.0526. The molecule has 2 aliphatic rings. The van der Waals surface area contributed by atoms with Crippen molar-refractivity contribution in [3.8, 4) is 0 Å². The molecular weight excluding hydrogens is 439 g/mol. The molecule has 0 aliphatic carbocycles. The zero-order valence-electron chi connectivity index (χ0n) is 17.7. The summed E-state index contributed by atoms with van der Waals surface area (Å²) in [7, 11) is 0. The molecule has 0 bridgehead atoms. The maximum absolute atomic E-state index is 13.0. The average Bonchev–Trinajstić information content (AvgIpc) is 3.27. The van der Waals surface area contributed by atoms with E-state index < -0.39 is 48.1 Å². The molecule has 0 unspecified atom stereocenters. The number of alkyl halides is 3. The molecule has 11 heteroatoms. The Kier molecular flexibility index (Phi) is 5.64. The van der Waals surface area contributed by atoms with E-state index in [1.807, 2.05) is 26.0 Å². The fourth-order valence-electron chi connectivity index (χ4n) is 3.74. The van der Waals surface area contributed by atoms with Gasteiger partial charge in [-0.05, 0) is 41.8 Å². The van der Waals surface area contributed by atoms with Gasteiger partial charge in [0.25, 0.3) is 11.8 Å². The molecule has 3 amide bonds. The lowest BCUT2D eigenvalue weighted by molar-refractivity contribution is -0.137. The van der Waals surface area contributed by atoms with Crippen molar-refractivity contribution in [1.29, 1.82) is 0 Å². The second kappa shape index (κ2) is 8.30. The van der Waals surface area contributed by atoms with Crippen molar-refractivity contribution < 1.29 is 27.6 Å². The molecule has 2 atom stereocenters. The van der Waals surface area contributed by atoms with Crippen LogP contribution in [0.4, 0.5) is 24.5 Å². The minimum atomic E-state index is -4.55. The smallest absolute Gasteiger partial charge is 0.324 e. The summed E-state index contributed by atoms with van der Waals surface area (Å²) in [6.45, 7) is 3.59. The van der Waals surface area contributed by atoms with Gasteiger partial charge in [-0.3, -0.25) is 19.4 Å². The number of carbonyl (C=O) groups is 3. The molecule has 1 N–H and O–H groups in total. The molecule has 0 spiro atoms. The van der Waals surface area contributed by atoms with Crippen LogP contribution in [0.25, 0.3) is 0 Å². The molecule has 2 aromatic carbocycles. The molecule has 0 saturated carbocycles. The van der Waals surface area contributed by atoms with Crippen LogP contribution in [0, 0.1) is 0 Å². The first-order valence-corrected chi connectivity index (χ1v) is 10.2. The van der Waals surface area contributed by atoms with Crippen LogP contribution in [0.15, 0.2) is 58.9 Å². The number of hydrogen-bond donors (Lipinski definition) is 1. The van der Waals surface area contributed by atoms with Gasteiger partial charge in [0.15, 0.2) is 12.1 Å². The molecule has 33 heavy (non-hydrogen) atoms. The number of nitrogens with one attached hydrogen (secondary N) is 1. The van der Waals surface area contributed by atoms with E-state index in [1.54, 1.807) is 12.1 Å². The first-order valence-electron chi connectivity index (χ1n) is 10.2. The third kappa shape index (κ3) is 4.30. The van der Waals surface area contributed by atoms with Crippen LogP contribution in [-0.4, -0.2) is 41.4 Å². The van der Waals surface area contributed by atoms with E-state index in [1.165, 1.54) is 12.1 Å². The van der Waals surface area contributed by atoms with Gasteiger partial charge in [0, 0.05) is 5.69 Å². The normalized spacial score (nSPS) is 20.1. The second-order valence-electron chi connectivity index (χ2n) is 8.08. The van der Waals surface area contributed by atoms with Gasteiger partial charge in [-0.1, -0.05) is 37.3 Å². The van der Waals surface area contributed by atoms with Crippen LogP contribution in [0.1, 0.15) is 30.9 Å². The second-order valence-corrected chi connectivity index (χ2v) is 8.08. The van der Waals surface area contributed by atoms with E-state index in [4.69, 9.17) is 0 Å². The predicted molar refractivity (Wildman–Crippen MR) is 112 cm³/mol. The van der Waals surface area contributed by atoms with Crippen molar-refractivity contribution in [3.05, 3.63) is 59.7 Å². The van der Waals surface area contributed by atoms with Crippen molar-refractivity contribution in [1.82, 2.24) is 5.01 Å². The minimum Gasteiger partial charge on any atom is -0.324 e. The topological polar surface area (TPSA) is 94.4 Å². The van der Waals surface area contributed by atoms with E-state index in [-0.39, 0.29) is 11.6 Å². The molecule has 172 valence electrons. The maximum atomic E-state index is 13.0. The molecule has 1 saturated heterocycles. The Labute approximate surface area is 187 Å². The van der Waals surface area contributed by atoms with Crippen LogP contribution in [-0.2, 0) is 20.6 Å². The maximum Gasteiger partial charge on any atom is 0.416 e. The fraction of sp³-hybridized carbons (Fsp3) is 0.318. The van der Waals surface area contributed by atoms with Crippen LogP contribution in [0.3, 0.4) is 0 Å². The van der Waals surface area contributed by atoms with Gasteiger partial charge in [-0.15, -0.1) is 0 Å². The Hall–Kier alpha value is -3.76. The summed E-state index contributed by atoms with van der Waals surface area (Å²) in [5, 5.41) is 11.1. The molecule has 2 heterocycles. The molecule has 0 radical (unpaired) electrons. The van der Waals surface area contributed by atoms with Gasteiger partial charge >= 0.3 is 6.18 Å². The number of benzene rings is 2. The predicted octanol–water partition coefficient (Wildman–Crippen LogP) is 3.76. The highest BCUT2D eigenvalue weighted by atomic mass is 19.4. The van der Waals surface area contributed by atoms with Crippen molar-refractivity contribution in [2.24, 2.45) is 10.3 Å². The number of amides is 3. The molecule has 2 aromatic rings. The van der Waals surface area contributed by atoms with Gasteiger partial charge in [0.1, 0.15) is 6.54 Å². The molecular formula is C22H20F3N5O3. The third-order valence-electron chi connectivity index (χ3n) is 5.46. The number of imide groups is 1. The zero-order chi connectivity index (χ0) is 23.9. The highest BCUT2D eigenvalue weighted by Crippen LogP contribution is 2.33. The molecule has 2 aliphatic heterocycles. The van der Waals surface area contributed by atoms with Crippen LogP contribution < -0.4 is 10.2 Å². The molecule has 1 fully saturated rings. The fourth-order valence-corrected chi connectivity index (χ4v) is 3.74. The molecule has 4 rings (SSSR count). The Balaban J connectivity index is 1.46. The third-order valence-corrected chi connectivity index (χ3v) is 5.46. The Morgan fingerprint density at radius 3 is 2.42 bits per heavy atom. The quantitative estimate of drug-likeness (QED) is 0.689. The lowest BCUT2D eigenvalue weighted by atomic mass is 10.0. The summed E-state index contributed by atoms with van der Waals surface area (Å²) in [4.78, 5) is 39.2. The number of hydrogen-bond acceptors (Lipinski definition) is 6. The number of anilines is 2. The summed E-state index contributed by atoms with van der Waals surface area (Å²) in [6, 6.07) is 9.02. The lowest BCUT2D eigenvalue weighted by Gasteiger charge is -2.20. The summed E-state index contributed by atoms with van der Waals surface area (Å²) in [5.74, 6) is -1.54. The summed E-state index contributed by atoms with van der Waals surface area (Å²) < 4.78 is 38.6. The Bertz CT molecular complexity index is 1130. The SMILES string of the molecule is CC(C)c1ccc(N2C(=O)[C@@H]3[C@@H](N=NN3CC(=O)Nc3cccc(C(F)(F)F)c3)C2=O)cc1. The number of nitrogens with zero attached hydrogens (tertiary/aromatic N) is 4. The summed E-state index contributed by atoms with van der Waals surface area (Å²) >= 11 is 0. The zero-order valence-corrected chi connectivity index (χ0v) is 17.7. The van der Waals surface area contributed by atoms with Crippen LogP contribution in [0.2, 0.25) is 0 Å². The Morgan fingerprint density at radius 1 is 1.09 bits per heavy atom. The largest absolute Gasteiger partial charge is 0.416 e.